The molecular weight excluding hydrogens is 599 g/mol. The molecule has 1 amide bonds. The molecule has 2 aromatic heterocycles. The summed E-state index contributed by atoms with van der Waals surface area (Å²) in [6.45, 7) is 2.63. The Hall–Kier alpha value is -4.33. The van der Waals surface area contributed by atoms with Crippen molar-refractivity contribution in [2.75, 3.05) is 11.1 Å². The molecule has 1 aliphatic heterocycles. The molecule has 4 N–H and O–H groups in total. The number of hydrogen-bond donors (Lipinski definition) is 3. The van der Waals surface area contributed by atoms with Gasteiger partial charge in [0.2, 0.25) is 5.91 Å². The van der Waals surface area contributed by atoms with Crippen molar-refractivity contribution in [3.8, 4) is 11.5 Å². The van der Waals surface area contributed by atoms with Crippen LogP contribution in [0.5, 0.6) is 0 Å². The third-order valence-electron chi connectivity index (χ3n) is 7.64. The van der Waals surface area contributed by atoms with Crippen LogP contribution in [0.3, 0.4) is 0 Å². The van der Waals surface area contributed by atoms with E-state index >= 15 is 0 Å². The predicted molar refractivity (Wildman–Crippen MR) is 148 cm³/mol. The van der Waals surface area contributed by atoms with E-state index in [0.29, 0.717) is 16.5 Å². The quantitative estimate of drug-likeness (QED) is 0.208. The van der Waals surface area contributed by atoms with Gasteiger partial charge in [-0.25, -0.2) is 9.97 Å². The Bertz CT molecular complexity index is 1790. The van der Waals surface area contributed by atoms with E-state index in [1.165, 1.54) is 18.2 Å². The number of aryl methyl sites for hydroxylation is 2. The number of carbonyl (C=O) groups excluding carboxylic acids is 1. The van der Waals surface area contributed by atoms with Crippen LogP contribution < -0.4 is 11.1 Å². The van der Waals surface area contributed by atoms with Crippen molar-refractivity contribution in [1.82, 2.24) is 19.7 Å². The lowest BCUT2D eigenvalue weighted by Gasteiger charge is -2.27. The van der Waals surface area contributed by atoms with Gasteiger partial charge in [0, 0.05) is 29.8 Å². The van der Waals surface area contributed by atoms with Gasteiger partial charge in [0.1, 0.15) is 22.7 Å². The number of carboxylic acids is 1. The number of carboxylic acid groups (broad SMARTS) is 1. The number of alkyl halides is 5. The highest BCUT2D eigenvalue weighted by Gasteiger charge is 2.57. The standard InChI is InChI=1S/C28H24ClF5N6O3/c1-13-4-3-5-17(15(13)8-9-19(41)42)26(2)20-22(35)36-24(37-23(20)38-25(26)43)21-16-7-6-14(29)12-18(16)40(39-21)11-10-27(30,31)28(32,33)34/h3-7,12H,8-11H2,1-2H3,(H,41,42)(H3,35,36,37,38,43). The minimum Gasteiger partial charge on any atom is -0.481 e. The fourth-order valence-electron chi connectivity index (χ4n) is 5.38. The Labute approximate surface area is 245 Å². The van der Waals surface area contributed by atoms with Gasteiger partial charge in [-0.3, -0.25) is 14.3 Å². The summed E-state index contributed by atoms with van der Waals surface area (Å²) in [6.07, 6.45) is -7.30. The van der Waals surface area contributed by atoms with Crippen LogP contribution in [0.4, 0.5) is 33.6 Å². The zero-order valence-electron chi connectivity index (χ0n) is 22.7. The molecule has 0 bridgehead atoms. The molecule has 0 spiro atoms. The minimum atomic E-state index is -5.73. The van der Waals surface area contributed by atoms with Crippen molar-refractivity contribution in [3.63, 3.8) is 0 Å². The number of nitrogens with two attached hydrogens (primary N) is 1. The second-order valence-corrected chi connectivity index (χ2v) is 10.9. The number of carbonyl (C=O) groups is 2. The van der Waals surface area contributed by atoms with E-state index in [-0.39, 0.29) is 52.1 Å². The van der Waals surface area contributed by atoms with E-state index in [0.717, 1.165) is 10.2 Å². The second kappa shape index (κ2) is 10.4. The molecule has 0 fully saturated rings. The number of fused-ring (bicyclic) bond motifs is 2. The molecule has 1 aliphatic rings. The Morgan fingerprint density at radius 1 is 1.16 bits per heavy atom. The topological polar surface area (TPSA) is 136 Å². The lowest BCUT2D eigenvalue weighted by atomic mass is 9.74. The van der Waals surface area contributed by atoms with E-state index in [2.05, 4.69) is 20.4 Å². The zero-order valence-corrected chi connectivity index (χ0v) is 23.4. The number of aromatic nitrogens is 4. The molecule has 4 aromatic rings. The maximum absolute atomic E-state index is 13.7. The number of anilines is 2. The summed E-state index contributed by atoms with van der Waals surface area (Å²) in [5.41, 5.74) is 7.44. The first-order valence-electron chi connectivity index (χ1n) is 13.0. The highest BCUT2D eigenvalue weighted by atomic mass is 35.5. The molecule has 0 radical (unpaired) electrons. The molecule has 0 aliphatic carbocycles. The number of halogens is 6. The van der Waals surface area contributed by atoms with Gasteiger partial charge in [-0.2, -0.15) is 27.1 Å². The van der Waals surface area contributed by atoms with Crippen LogP contribution in [0.2, 0.25) is 5.02 Å². The monoisotopic (exact) mass is 622 g/mol. The molecule has 0 saturated heterocycles. The van der Waals surface area contributed by atoms with Gasteiger partial charge in [0.15, 0.2) is 5.82 Å². The summed E-state index contributed by atoms with van der Waals surface area (Å²) in [4.78, 5) is 33.7. The first-order chi connectivity index (χ1) is 20.0. The summed E-state index contributed by atoms with van der Waals surface area (Å²) in [6, 6.07) is 9.60. The highest BCUT2D eigenvalue weighted by Crippen LogP contribution is 2.47. The van der Waals surface area contributed by atoms with E-state index in [9.17, 15) is 36.6 Å². The van der Waals surface area contributed by atoms with E-state index in [4.69, 9.17) is 17.3 Å². The molecule has 9 nitrogen and oxygen atoms in total. The number of rotatable bonds is 8. The second-order valence-electron chi connectivity index (χ2n) is 10.4. The van der Waals surface area contributed by atoms with Crippen LogP contribution in [0.1, 0.15) is 42.0 Å². The van der Waals surface area contributed by atoms with Gasteiger partial charge in [0.25, 0.3) is 0 Å². The van der Waals surface area contributed by atoms with Gasteiger partial charge in [-0.15, -0.1) is 0 Å². The van der Waals surface area contributed by atoms with Gasteiger partial charge in [0.05, 0.1) is 11.1 Å². The molecular formula is C28H24ClF5N6O3. The average molecular weight is 623 g/mol. The summed E-state index contributed by atoms with van der Waals surface area (Å²) in [5.74, 6) is -6.60. The minimum absolute atomic E-state index is 0.0250. The highest BCUT2D eigenvalue weighted by molar-refractivity contribution is 6.31. The van der Waals surface area contributed by atoms with Gasteiger partial charge in [-0.1, -0.05) is 29.8 Å². The maximum Gasteiger partial charge on any atom is 0.453 e. The van der Waals surface area contributed by atoms with E-state index in [1.807, 2.05) is 0 Å². The number of aliphatic carboxylic acids is 1. The summed E-state index contributed by atoms with van der Waals surface area (Å²) < 4.78 is 66.8. The predicted octanol–water partition coefficient (Wildman–Crippen LogP) is 5.90. The molecule has 226 valence electrons. The number of nitrogens with zero attached hydrogens (tertiary/aromatic N) is 4. The van der Waals surface area contributed by atoms with E-state index in [1.54, 1.807) is 32.0 Å². The molecule has 1 atom stereocenters. The third kappa shape index (κ3) is 5.13. The Morgan fingerprint density at radius 3 is 2.56 bits per heavy atom. The van der Waals surface area contributed by atoms with Crippen LogP contribution in [-0.2, 0) is 28.0 Å². The van der Waals surface area contributed by atoms with Crippen LogP contribution in [0.25, 0.3) is 22.4 Å². The van der Waals surface area contributed by atoms with Gasteiger partial charge >= 0.3 is 18.1 Å². The Morgan fingerprint density at radius 2 is 1.88 bits per heavy atom. The lowest BCUT2D eigenvalue weighted by molar-refractivity contribution is -0.285. The Kier molecular flexibility index (Phi) is 7.31. The molecule has 43 heavy (non-hydrogen) atoms. The molecule has 5 rings (SSSR count). The van der Waals surface area contributed by atoms with Crippen molar-refractivity contribution in [3.05, 3.63) is 63.7 Å². The van der Waals surface area contributed by atoms with Gasteiger partial charge < -0.3 is 16.2 Å². The number of nitrogens with one attached hydrogen (secondary N) is 1. The van der Waals surface area contributed by atoms with Crippen LogP contribution in [0.15, 0.2) is 36.4 Å². The van der Waals surface area contributed by atoms with Crippen molar-refractivity contribution in [2.45, 2.75) is 57.2 Å². The smallest absolute Gasteiger partial charge is 0.453 e. The SMILES string of the molecule is Cc1cccc(C2(C)C(=O)Nc3nc(-c4nn(CCC(F)(F)C(F)(F)F)c5cc(Cl)ccc45)nc(N)c32)c1CCC(=O)O. The van der Waals surface area contributed by atoms with E-state index < -0.39 is 42.4 Å². The molecule has 15 heteroatoms. The zero-order chi connectivity index (χ0) is 31.5. The maximum atomic E-state index is 13.7. The fraction of sp³-hybridized carbons (Fsp3) is 0.321. The van der Waals surface area contributed by atoms with Crippen molar-refractivity contribution in [2.24, 2.45) is 0 Å². The number of hydrogen-bond acceptors (Lipinski definition) is 6. The average Bonchev–Trinajstić information content (AvgIpc) is 3.40. The first-order valence-corrected chi connectivity index (χ1v) is 13.3. The van der Waals surface area contributed by atoms with Gasteiger partial charge in [-0.05, 0) is 55.2 Å². The summed E-state index contributed by atoms with van der Waals surface area (Å²) in [7, 11) is 0. The van der Waals surface area contributed by atoms with Crippen LogP contribution >= 0.6 is 11.6 Å². The normalized spacial score (nSPS) is 16.9. The summed E-state index contributed by atoms with van der Waals surface area (Å²) in [5, 5.41) is 16.7. The number of nitrogen functional groups attached to an aromatic ring is 1. The van der Waals surface area contributed by atoms with Crippen LogP contribution in [-0.4, -0.2) is 48.8 Å². The van der Waals surface area contributed by atoms with Crippen molar-refractivity contribution < 1.29 is 36.6 Å². The third-order valence-corrected chi connectivity index (χ3v) is 7.87. The molecule has 1 unspecified atom stereocenters. The fourth-order valence-corrected chi connectivity index (χ4v) is 5.54. The summed E-state index contributed by atoms with van der Waals surface area (Å²) >= 11 is 6.08. The number of amides is 1. The lowest BCUT2D eigenvalue weighted by Crippen LogP contribution is -2.37. The molecule has 0 saturated carbocycles. The molecule has 3 heterocycles. The van der Waals surface area contributed by atoms with Crippen LogP contribution in [0, 0.1) is 6.92 Å². The largest absolute Gasteiger partial charge is 0.481 e. The van der Waals surface area contributed by atoms with Crippen molar-refractivity contribution in [1.29, 1.82) is 0 Å². The first kappa shape index (κ1) is 30.1. The van der Waals surface area contributed by atoms with Crippen molar-refractivity contribution >= 4 is 46.0 Å². The molecule has 2 aromatic carbocycles. The number of benzene rings is 2. The Balaban J connectivity index is 1.61.